The molecule has 0 spiro atoms. The second-order valence-electron chi connectivity index (χ2n) is 5.55. The Labute approximate surface area is 132 Å². The van der Waals surface area contributed by atoms with Crippen molar-refractivity contribution in [2.75, 3.05) is 6.54 Å². The molecule has 1 rings (SSSR count). The van der Waals surface area contributed by atoms with Crippen LogP contribution in [0.5, 0.6) is 5.75 Å². The van der Waals surface area contributed by atoms with Crippen molar-refractivity contribution >= 4 is 11.6 Å². The van der Waals surface area contributed by atoms with Crippen LogP contribution >= 0.6 is 11.6 Å². The molecular weight excluding hydrogens is 289 g/mol. The first-order valence-corrected chi connectivity index (χ1v) is 8.40. The first kappa shape index (κ1) is 18.2. The lowest BCUT2D eigenvalue weighted by Gasteiger charge is -2.08. The van der Waals surface area contributed by atoms with Crippen molar-refractivity contribution in [2.45, 2.75) is 64.8 Å². The molecule has 0 aliphatic rings. The van der Waals surface area contributed by atoms with Gasteiger partial charge in [-0.25, -0.2) is 4.39 Å². The molecule has 120 valence electrons. The van der Waals surface area contributed by atoms with Crippen molar-refractivity contribution in [3.8, 4) is 5.75 Å². The molecule has 21 heavy (non-hydrogen) atoms. The number of benzene rings is 1. The number of phenols is 1. The van der Waals surface area contributed by atoms with Gasteiger partial charge in [0.15, 0.2) is 0 Å². The quantitative estimate of drug-likeness (QED) is 0.535. The molecule has 0 bridgehead atoms. The van der Waals surface area contributed by atoms with Gasteiger partial charge in [0.1, 0.15) is 11.6 Å². The SMILES string of the molecule is CCCCCCCCCCNCc1cc(F)c(Cl)cc1O. The molecule has 2 N–H and O–H groups in total. The zero-order valence-corrected chi connectivity index (χ0v) is 13.7. The maximum Gasteiger partial charge on any atom is 0.142 e. The van der Waals surface area contributed by atoms with Crippen molar-refractivity contribution in [1.29, 1.82) is 0 Å². The van der Waals surface area contributed by atoms with Crippen LogP contribution in [0.4, 0.5) is 4.39 Å². The lowest BCUT2D eigenvalue weighted by molar-refractivity contribution is 0.460. The van der Waals surface area contributed by atoms with Crippen LogP contribution in [0.25, 0.3) is 0 Å². The predicted molar refractivity (Wildman–Crippen MR) is 87.4 cm³/mol. The van der Waals surface area contributed by atoms with Crippen molar-refractivity contribution in [3.05, 3.63) is 28.5 Å². The number of hydrogen-bond acceptors (Lipinski definition) is 2. The van der Waals surface area contributed by atoms with Crippen LogP contribution in [-0.4, -0.2) is 11.7 Å². The van der Waals surface area contributed by atoms with Gasteiger partial charge in [-0.1, -0.05) is 63.5 Å². The monoisotopic (exact) mass is 315 g/mol. The summed E-state index contributed by atoms with van der Waals surface area (Å²) in [5.41, 5.74) is 0.552. The van der Waals surface area contributed by atoms with E-state index in [0.29, 0.717) is 12.1 Å². The Morgan fingerprint density at radius 1 is 1.05 bits per heavy atom. The lowest BCUT2D eigenvalue weighted by Crippen LogP contribution is -2.14. The maximum atomic E-state index is 13.3. The van der Waals surface area contributed by atoms with E-state index in [0.717, 1.165) is 13.0 Å². The van der Waals surface area contributed by atoms with Crippen LogP contribution in [0, 0.1) is 5.82 Å². The largest absolute Gasteiger partial charge is 0.508 e. The van der Waals surface area contributed by atoms with Gasteiger partial charge in [0.2, 0.25) is 0 Å². The Morgan fingerprint density at radius 2 is 1.67 bits per heavy atom. The van der Waals surface area contributed by atoms with Gasteiger partial charge < -0.3 is 10.4 Å². The zero-order chi connectivity index (χ0) is 15.5. The Balaban J connectivity index is 2.05. The smallest absolute Gasteiger partial charge is 0.142 e. The second-order valence-corrected chi connectivity index (χ2v) is 5.95. The molecule has 0 saturated heterocycles. The highest BCUT2D eigenvalue weighted by molar-refractivity contribution is 6.30. The van der Waals surface area contributed by atoms with Gasteiger partial charge >= 0.3 is 0 Å². The predicted octanol–water partition coefficient (Wildman–Crippen LogP) is 5.42. The van der Waals surface area contributed by atoms with Gasteiger partial charge in [-0.05, 0) is 19.0 Å². The zero-order valence-electron chi connectivity index (χ0n) is 12.9. The second kappa shape index (κ2) is 10.9. The van der Waals surface area contributed by atoms with Crippen LogP contribution in [0.3, 0.4) is 0 Å². The minimum absolute atomic E-state index is 0.0423. The molecule has 1 aromatic carbocycles. The van der Waals surface area contributed by atoms with Gasteiger partial charge in [-0.15, -0.1) is 0 Å². The number of unbranched alkanes of at least 4 members (excludes halogenated alkanes) is 7. The van der Waals surface area contributed by atoms with Crippen LogP contribution in [-0.2, 0) is 6.54 Å². The Bertz CT molecular complexity index is 412. The molecule has 4 heteroatoms. The molecule has 0 atom stereocenters. The lowest BCUT2D eigenvalue weighted by atomic mass is 10.1. The Kier molecular flexibility index (Phi) is 9.44. The molecule has 0 unspecified atom stereocenters. The molecule has 0 aliphatic carbocycles. The summed E-state index contributed by atoms with van der Waals surface area (Å²) in [7, 11) is 0. The molecule has 0 aliphatic heterocycles. The normalized spacial score (nSPS) is 11.0. The number of rotatable bonds is 11. The first-order valence-electron chi connectivity index (χ1n) is 8.02. The fraction of sp³-hybridized carbons (Fsp3) is 0.647. The molecule has 1 aromatic rings. The molecule has 0 saturated carbocycles. The highest BCUT2D eigenvalue weighted by Crippen LogP contribution is 2.25. The minimum Gasteiger partial charge on any atom is -0.508 e. The summed E-state index contributed by atoms with van der Waals surface area (Å²) in [4.78, 5) is 0. The van der Waals surface area contributed by atoms with E-state index >= 15 is 0 Å². The van der Waals surface area contributed by atoms with E-state index < -0.39 is 5.82 Å². The highest BCUT2D eigenvalue weighted by atomic mass is 35.5. The molecule has 0 radical (unpaired) electrons. The molecule has 2 nitrogen and oxygen atoms in total. The van der Waals surface area contributed by atoms with Crippen LogP contribution in [0.1, 0.15) is 63.9 Å². The number of nitrogens with one attached hydrogen (secondary N) is 1. The van der Waals surface area contributed by atoms with E-state index in [1.54, 1.807) is 0 Å². The fourth-order valence-corrected chi connectivity index (χ4v) is 2.48. The Hall–Kier alpha value is -0.800. The average Bonchev–Trinajstić information content (AvgIpc) is 2.46. The van der Waals surface area contributed by atoms with Crippen molar-refractivity contribution < 1.29 is 9.50 Å². The van der Waals surface area contributed by atoms with E-state index in [1.165, 1.54) is 57.1 Å². The van der Waals surface area contributed by atoms with Gasteiger partial charge in [-0.2, -0.15) is 0 Å². The van der Waals surface area contributed by atoms with Gasteiger partial charge in [-0.3, -0.25) is 0 Å². The summed E-state index contributed by atoms with van der Waals surface area (Å²) >= 11 is 5.59. The summed E-state index contributed by atoms with van der Waals surface area (Å²) in [6.45, 7) is 3.59. The van der Waals surface area contributed by atoms with E-state index in [4.69, 9.17) is 11.6 Å². The average molecular weight is 316 g/mol. The summed E-state index contributed by atoms with van der Waals surface area (Å²) in [6, 6.07) is 2.54. The minimum atomic E-state index is -0.488. The van der Waals surface area contributed by atoms with E-state index in [9.17, 15) is 9.50 Å². The third-order valence-corrected chi connectivity index (χ3v) is 3.93. The highest BCUT2D eigenvalue weighted by Gasteiger charge is 2.07. The third kappa shape index (κ3) is 7.68. The molecular formula is C17H27ClFNO. The molecule has 0 fully saturated rings. The topological polar surface area (TPSA) is 32.3 Å². The maximum absolute atomic E-state index is 13.3. The molecule has 0 heterocycles. The summed E-state index contributed by atoms with van der Waals surface area (Å²) in [5.74, 6) is -0.442. The van der Waals surface area contributed by atoms with Crippen LogP contribution in [0.15, 0.2) is 12.1 Å². The van der Waals surface area contributed by atoms with Gasteiger partial charge in [0, 0.05) is 18.2 Å². The fourth-order valence-electron chi connectivity index (χ4n) is 2.33. The molecule has 0 aromatic heterocycles. The number of halogens is 2. The van der Waals surface area contributed by atoms with E-state index in [1.807, 2.05) is 0 Å². The van der Waals surface area contributed by atoms with Crippen LogP contribution < -0.4 is 5.32 Å². The van der Waals surface area contributed by atoms with Crippen molar-refractivity contribution in [2.24, 2.45) is 0 Å². The van der Waals surface area contributed by atoms with E-state index in [-0.39, 0.29) is 10.8 Å². The number of hydrogen-bond donors (Lipinski definition) is 2. The standard InChI is InChI=1S/C17H27ClFNO/c1-2-3-4-5-6-7-8-9-10-20-13-14-11-16(19)15(18)12-17(14)21/h11-12,20-21H,2-10,13H2,1H3. The number of aromatic hydroxyl groups is 1. The Morgan fingerprint density at radius 3 is 2.33 bits per heavy atom. The van der Waals surface area contributed by atoms with Crippen LogP contribution in [0.2, 0.25) is 5.02 Å². The van der Waals surface area contributed by atoms with Crippen molar-refractivity contribution in [3.63, 3.8) is 0 Å². The summed E-state index contributed by atoms with van der Waals surface area (Å²) in [6.07, 6.45) is 10.3. The van der Waals surface area contributed by atoms with E-state index in [2.05, 4.69) is 12.2 Å². The summed E-state index contributed by atoms with van der Waals surface area (Å²) < 4.78 is 13.3. The van der Waals surface area contributed by atoms with Gasteiger partial charge in [0.25, 0.3) is 0 Å². The molecule has 0 amide bonds. The van der Waals surface area contributed by atoms with Gasteiger partial charge in [0.05, 0.1) is 5.02 Å². The van der Waals surface area contributed by atoms with Crippen molar-refractivity contribution in [1.82, 2.24) is 5.32 Å². The first-order chi connectivity index (χ1) is 10.1. The third-order valence-electron chi connectivity index (χ3n) is 3.64. The number of phenolic OH excluding ortho intramolecular Hbond substituents is 1. The summed E-state index contributed by atoms with van der Waals surface area (Å²) in [5, 5.41) is 12.9.